The van der Waals surface area contributed by atoms with Gasteiger partial charge in [0.2, 0.25) is 70.9 Å². The van der Waals surface area contributed by atoms with Crippen LogP contribution >= 0.6 is 0 Å². The number of carbonyl (C=O) groups excluding carboxylic acids is 14. The number of hydrogen-bond acceptors (Lipinski definition) is 17. The first-order valence-corrected chi connectivity index (χ1v) is 37.5. The summed E-state index contributed by atoms with van der Waals surface area (Å²) >= 11 is 0. The molecule has 2 aliphatic rings. The number of amides is 13. The molecule has 30 heteroatoms. The zero-order chi connectivity index (χ0) is 79.4. The molecule has 0 spiro atoms. The van der Waals surface area contributed by atoms with Crippen molar-refractivity contribution in [1.82, 2.24) is 68.7 Å². The molecule has 30 nitrogen and oxygen atoms in total. The summed E-state index contributed by atoms with van der Waals surface area (Å²) in [5, 5.41) is 43.2. The van der Waals surface area contributed by atoms with Crippen molar-refractivity contribution in [2.45, 2.75) is 280 Å². The number of nitrogens with two attached hydrogens (primary N) is 1. The molecule has 0 bridgehead atoms. The fraction of sp³-hybridized carbons (Fsp3) is 0.707. The predicted octanol–water partition coefficient (Wildman–Crippen LogP) is 1.84. The normalized spacial score (nSPS) is 22.6. The van der Waals surface area contributed by atoms with Crippen LogP contribution in [0.5, 0.6) is 0 Å². The number of esters is 1. The van der Waals surface area contributed by atoms with Gasteiger partial charge in [-0.25, -0.2) is 4.79 Å². The Labute approximate surface area is 620 Å². The average Bonchev–Trinajstić information content (AvgIpc) is 1.79. The molecule has 3 rings (SSSR count). The highest BCUT2D eigenvalue weighted by Crippen LogP contribution is 2.23. The highest BCUT2D eigenvalue weighted by atomic mass is 16.5. The number of rotatable bonds is 33. The number of likely N-dealkylation sites (tertiary alicyclic amines) is 1. The summed E-state index contributed by atoms with van der Waals surface area (Å²) < 4.78 is 5.96. The van der Waals surface area contributed by atoms with E-state index in [0.29, 0.717) is 30.7 Å². The van der Waals surface area contributed by atoms with Gasteiger partial charge < -0.3 is 84.3 Å². The van der Waals surface area contributed by atoms with Crippen molar-refractivity contribution >= 4 is 82.8 Å². The molecule has 2 heterocycles. The Bertz CT molecular complexity index is 3160. The second kappa shape index (κ2) is 43.8. The van der Waals surface area contributed by atoms with Crippen molar-refractivity contribution in [3.63, 3.8) is 0 Å². The van der Waals surface area contributed by atoms with Crippen LogP contribution in [0.1, 0.15) is 195 Å². The molecule has 2 fully saturated rings. The highest BCUT2D eigenvalue weighted by Gasteiger charge is 2.44. The van der Waals surface area contributed by atoms with Gasteiger partial charge in [-0.3, -0.25) is 62.3 Å². The van der Waals surface area contributed by atoms with Gasteiger partial charge in [0.1, 0.15) is 84.3 Å². The van der Waals surface area contributed by atoms with Crippen LogP contribution < -0.4 is 69.5 Å². The van der Waals surface area contributed by atoms with E-state index in [4.69, 9.17) is 10.5 Å². The molecule has 0 unspecified atom stereocenters. The summed E-state index contributed by atoms with van der Waals surface area (Å²) in [4.78, 5) is 202. The number of benzene rings is 1. The number of aliphatic hydroxyl groups excluding tert-OH is 1. The zero-order valence-corrected chi connectivity index (χ0v) is 65.2. The first-order chi connectivity index (χ1) is 49.2. The second-order valence-corrected chi connectivity index (χ2v) is 30.2. The van der Waals surface area contributed by atoms with Crippen LogP contribution in [0, 0.1) is 47.3 Å². The summed E-state index contributed by atoms with van der Waals surface area (Å²) in [7, 11) is 0. The lowest BCUT2D eigenvalue weighted by atomic mass is 9.95. The minimum Gasteiger partial charge on any atom is -0.458 e. The van der Waals surface area contributed by atoms with Gasteiger partial charge in [-0.1, -0.05) is 166 Å². The van der Waals surface area contributed by atoms with Crippen LogP contribution in [0.3, 0.4) is 0 Å². The number of hydrogen-bond donors (Lipinski definition) is 14. The van der Waals surface area contributed by atoms with Crippen LogP contribution in [-0.4, -0.2) is 191 Å². The van der Waals surface area contributed by atoms with Crippen LogP contribution in [0.25, 0.3) is 0 Å². The van der Waals surface area contributed by atoms with E-state index in [1.807, 2.05) is 13.8 Å². The van der Waals surface area contributed by atoms with Crippen molar-refractivity contribution < 1.29 is 77.0 Å². The molecule has 0 radical (unpaired) electrons. The van der Waals surface area contributed by atoms with Gasteiger partial charge >= 0.3 is 5.97 Å². The van der Waals surface area contributed by atoms with Gasteiger partial charge in [-0.05, 0) is 112 Å². The number of ether oxygens (including phenoxy) is 1. The van der Waals surface area contributed by atoms with Crippen LogP contribution in [0.4, 0.5) is 0 Å². The van der Waals surface area contributed by atoms with Crippen molar-refractivity contribution in [2.24, 2.45) is 53.1 Å². The molecule has 0 saturated carbocycles. The van der Waals surface area contributed by atoms with Crippen LogP contribution in [-0.2, 0) is 78.3 Å². The summed E-state index contributed by atoms with van der Waals surface area (Å²) in [5.41, 5.74) is 6.34. The van der Waals surface area contributed by atoms with E-state index >= 15 is 9.59 Å². The maximum Gasteiger partial charge on any atom is 0.329 e. The third kappa shape index (κ3) is 27.7. The molecule has 1 aromatic carbocycles. The summed E-state index contributed by atoms with van der Waals surface area (Å²) in [6, 6.07) is -7.67. The molecule has 590 valence electrons. The molecule has 0 aliphatic carbocycles. The van der Waals surface area contributed by atoms with Gasteiger partial charge in [-0.2, -0.15) is 0 Å². The highest BCUT2D eigenvalue weighted by molar-refractivity contribution is 6.03. The lowest BCUT2D eigenvalue weighted by Crippen LogP contribution is -2.64. The lowest BCUT2D eigenvalue weighted by molar-refractivity contribution is -0.157. The first-order valence-electron chi connectivity index (χ1n) is 37.5. The third-order valence-corrected chi connectivity index (χ3v) is 19.3. The Morgan fingerprint density at radius 2 is 1.15 bits per heavy atom. The monoisotopic (exact) mass is 1480 g/mol. The Kier molecular flexibility index (Phi) is 37.8. The molecule has 13 amide bonds. The number of nitrogens with one attached hydrogen (secondary N) is 12. The maximum absolute atomic E-state index is 15.0. The third-order valence-electron chi connectivity index (χ3n) is 19.3. The summed E-state index contributed by atoms with van der Waals surface area (Å²) in [6.45, 7) is 31.8. The quantitative estimate of drug-likeness (QED) is 0.0353. The Morgan fingerprint density at radius 1 is 0.610 bits per heavy atom. The number of allylic oxidation sites excluding steroid dienone is 1. The molecule has 1 aromatic rings. The predicted molar refractivity (Wildman–Crippen MR) is 395 cm³/mol. The molecule has 0 aromatic heterocycles. The maximum atomic E-state index is 15.0. The Hall–Kier alpha value is -8.54. The molecule has 2 saturated heterocycles. The molecular weight excluding hydrogens is 1350 g/mol. The lowest BCUT2D eigenvalue weighted by Gasteiger charge is -2.33. The van der Waals surface area contributed by atoms with E-state index in [1.165, 1.54) is 31.7 Å². The van der Waals surface area contributed by atoms with Crippen molar-refractivity contribution in [2.75, 3.05) is 13.1 Å². The van der Waals surface area contributed by atoms with Gasteiger partial charge in [-0.15, -0.1) is 0 Å². The van der Waals surface area contributed by atoms with Crippen LogP contribution in [0.2, 0.25) is 0 Å². The standard InChI is InChI=1S/C75H124N14O16/c1-20-44(16)59(71(100)88-62-47(19)105-75(104)58(43(14)15)84-63(92)49(22-3)77-65(94)51(37-48-30-24-23-25-31-48)79-67(96)55(40(8)9)81-70(99)60(45(17)21-2)86-73(62)102)85-64(93)50(32-27-35-76)78-66(95)52-33-28-36-89(52)74(103)57(42(12)13)83-69(98)56(41(10)11)82-72(101)61(46(18)90)87-68(97)54(39(6)7)80-53(91)34-26-29-38(4)5/h22-25,30-31,38-47,50-52,54-62,90H,20-21,26-29,32-37,76H2,1-19H3,(H,77,94)(H,78,95)(H,79,96)(H,80,91)(H,81,99)(H,82,101)(H,83,98)(H,84,92)(H,85,93)(H,86,102)(H,87,97)(H,88,100)/b49-22-/t44-,45-,46+,47+,50-,51-,52+,54+,55-,56-,57+,58-,59+,60+,61-,62+/m0/s1. The number of carbonyl (C=O) groups is 14. The zero-order valence-electron chi connectivity index (χ0n) is 65.2. The molecule has 105 heavy (non-hydrogen) atoms. The fourth-order valence-electron chi connectivity index (χ4n) is 12.1. The number of cyclic esters (lactones) is 1. The van der Waals surface area contributed by atoms with Crippen molar-refractivity contribution in [3.05, 3.63) is 47.7 Å². The van der Waals surface area contributed by atoms with Crippen molar-refractivity contribution in [1.29, 1.82) is 0 Å². The summed E-state index contributed by atoms with van der Waals surface area (Å²) in [5.74, 6) is -15.1. The molecule has 16 atom stereocenters. The largest absolute Gasteiger partial charge is 0.458 e. The second-order valence-electron chi connectivity index (χ2n) is 30.2. The van der Waals surface area contributed by atoms with Crippen molar-refractivity contribution in [3.8, 4) is 0 Å². The molecular formula is C75H124N14O16. The van der Waals surface area contributed by atoms with Gasteiger partial charge in [0, 0.05) is 19.4 Å². The van der Waals surface area contributed by atoms with E-state index in [1.54, 1.807) is 127 Å². The summed E-state index contributed by atoms with van der Waals surface area (Å²) in [6.07, 6.45) is 1.02. The van der Waals surface area contributed by atoms with E-state index in [0.717, 1.165) is 6.42 Å². The molecule has 15 N–H and O–H groups in total. The minimum atomic E-state index is -1.83. The van der Waals surface area contributed by atoms with Gasteiger partial charge in [0.15, 0.2) is 0 Å². The first kappa shape index (κ1) is 90.7. The van der Waals surface area contributed by atoms with E-state index in [-0.39, 0.29) is 63.2 Å². The number of aliphatic hydroxyl groups is 1. The van der Waals surface area contributed by atoms with Gasteiger partial charge in [0.25, 0.3) is 5.91 Å². The molecule has 2 aliphatic heterocycles. The van der Waals surface area contributed by atoms with Gasteiger partial charge in [0.05, 0.1) is 6.10 Å². The Morgan fingerprint density at radius 3 is 1.69 bits per heavy atom. The minimum absolute atomic E-state index is 0.0355. The fourth-order valence-corrected chi connectivity index (χ4v) is 12.1. The van der Waals surface area contributed by atoms with E-state index in [9.17, 15) is 62.6 Å². The SMILES string of the molecule is C/C=C1\NC(=O)[C@H](Cc2ccccc2)NC(=O)[C@H](C(C)C)NC(=O)[C@@H]([C@@H](C)CC)NC(=O)[C@H](NC(=O)[C@H](NC(=O)[C@H](CCCN)NC(=O)[C@H]2CCCN2C(=O)[C@H](NC(=O)[C@@H](NC(=O)[C@@H](NC(=O)[C@H](NC(=O)CCCC(C)C)C(C)C)[C@@H](C)O)C(C)C)C(C)C)[C@@H](C)CC)[C@@H](C)OC(=O)[C@H](C(C)C)NC1=O. The topological polar surface area (TPSA) is 442 Å². The Balaban J connectivity index is 2.00. The van der Waals surface area contributed by atoms with E-state index in [2.05, 4.69) is 63.8 Å². The average molecular weight is 1480 g/mol. The van der Waals surface area contributed by atoms with E-state index < -0.39 is 203 Å². The van der Waals surface area contributed by atoms with Crippen LogP contribution in [0.15, 0.2) is 42.1 Å². The smallest absolute Gasteiger partial charge is 0.329 e. The number of nitrogens with zero attached hydrogens (tertiary/aromatic N) is 1.